The highest BCUT2D eigenvalue weighted by molar-refractivity contribution is 5.93. The van der Waals surface area contributed by atoms with E-state index in [1.54, 1.807) is 0 Å². The number of fused-ring (bicyclic) bond motifs is 1. The van der Waals surface area contributed by atoms with Crippen LogP contribution < -0.4 is 10.6 Å². The van der Waals surface area contributed by atoms with Gasteiger partial charge in [-0.15, -0.1) is 0 Å². The highest BCUT2D eigenvalue weighted by Gasteiger charge is 2.25. The fraction of sp³-hybridized carbons (Fsp3) is 0.588. The van der Waals surface area contributed by atoms with Gasteiger partial charge in [0.25, 0.3) is 0 Å². The van der Waals surface area contributed by atoms with E-state index in [1.807, 2.05) is 0 Å². The van der Waals surface area contributed by atoms with Crippen LogP contribution in [0.2, 0.25) is 0 Å². The fourth-order valence-electron chi connectivity index (χ4n) is 3.50. The molecule has 1 aromatic rings. The van der Waals surface area contributed by atoms with Crippen molar-refractivity contribution < 1.29 is 4.79 Å². The summed E-state index contributed by atoms with van der Waals surface area (Å²) >= 11 is 0. The maximum atomic E-state index is 12.5. The summed E-state index contributed by atoms with van der Waals surface area (Å²) in [5, 5.41) is 6.59. The highest BCUT2D eigenvalue weighted by Crippen LogP contribution is 2.28. The minimum absolute atomic E-state index is 0.158. The van der Waals surface area contributed by atoms with Gasteiger partial charge in [0.05, 0.1) is 0 Å². The lowest BCUT2D eigenvalue weighted by Gasteiger charge is -2.28. The van der Waals surface area contributed by atoms with E-state index < -0.39 is 0 Å². The Bertz CT molecular complexity index is 498. The van der Waals surface area contributed by atoms with Crippen LogP contribution in [0.3, 0.4) is 0 Å². The first kappa shape index (κ1) is 13.6. The molecular formula is C17H24N2O. The molecule has 2 atom stereocenters. The number of carbonyl (C=O) groups excluding carboxylic acids is 1. The standard InChI is InChI=1S/C17H24N2O/c1-12-11-14(9-10-18-12)17(20)19-16-8-4-6-13-5-2-3-7-15(13)16/h4,6,8,12,14,18H,2-3,5,7,9-11H2,1H3,(H,19,20). The van der Waals surface area contributed by atoms with Gasteiger partial charge in [-0.05, 0) is 69.2 Å². The molecule has 1 heterocycles. The molecule has 1 fully saturated rings. The molecule has 2 aliphatic rings. The van der Waals surface area contributed by atoms with Crippen molar-refractivity contribution in [3.05, 3.63) is 29.3 Å². The first-order chi connectivity index (χ1) is 9.74. The Balaban J connectivity index is 1.72. The van der Waals surface area contributed by atoms with Crippen molar-refractivity contribution in [1.29, 1.82) is 0 Å². The summed E-state index contributed by atoms with van der Waals surface area (Å²) in [6.45, 7) is 3.11. The zero-order valence-corrected chi connectivity index (χ0v) is 12.2. The van der Waals surface area contributed by atoms with Crippen molar-refractivity contribution >= 4 is 11.6 Å². The summed E-state index contributed by atoms with van der Waals surface area (Å²) < 4.78 is 0. The monoisotopic (exact) mass is 272 g/mol. The van der Waals surface area contributed by atoms with Gasteiger partial charge in [0, 0.05) is 17.6 Å². The summed E-state index contributed by atoms with van der Waals surface area (Å²) in [5.74, 6) is 0.364. The first-order valence-electron chi connectivity index (χ1n) is 7.89. The smallest absolute Gasteiger partial charge is 0.227 e. The first-order valence-corrected chi connectivity index (χ1v) is 7.89. The molecule has 3 nitrogen and oxygen atoms in total. The molecule has 3 rings (SSSR count). The highest BCUT2D eigenvalue weighted by atomic mass is 16.1. The summed E-state index contributed by atoms with van der Waals surface area (Å²) in [6.07, 6.45) is 6.67. The van der Waals surface area contributed by atoms with E-state index in [2.05, 4.69) is 35.8 Å². The Morgan fingerprint density at radius 3 is 3.00 bits per heavy atom. The molecule has 1 aliphatic carbocycles. The molecular weight excluding hydrogens is 248 g/mol. The summed E-state index contributed by atoms with van der Waals surface area (Å²) in [7, 11) is 0. The number of carbonyl (C=O) groups is 1. The molecule has 0 spiro atoms. The maximum Gasteiger partial charge on any atom is 0.227 e. The average Bonchev–Trinajstić information content (AvgIpc) is 2.47. The minimum atomic E-state index is 0.158. The van der Waals surface area contributed by atoms with Gasteiger partial charge in [-0.3, -0.25) is 4.79 Å². The van der Waals surface area contributed by atoms with Crippen molar-refractivity contribution in [2.45, 2.75) is 51.5 Å². The van der Waals surface area contributed by atoms with Crippen LogP contribution in [0, 0.1) is 5.92 Å². The van der Waals surface area contributed by atoms with Gasteiger partial charge in [0.15, 0.2) is 0 Å². The molecule has 1 aromatic carbocycles. The number of hydrogen-bond donors (Lipinski definition) is 2. The topological polar surface area (TPSA) is 41.1 Å². The Labute approximate surface area is 121 Å². The Morgan fingerprint density at radius 1 is 1.30 bits per heavy atom. The number of aryl methyl sites for hydroxylation is 1. The number of benzene rings is 1. The lowest BCUT2D eigenvalue weighted by molar-refractivity contribution is -0.120. The predicted molar refractivity (Wildman–Crippen MR) is 81.9 cm³/mol. The number of nitrogens with one attached hydrogen (secondary N) is 2. The van der Waals surface area contributed by atoms with Gasteiger partial charge in [-0.2, -0.15) is 0 Å². The second-order valence-corrected chi connectivity index (χ2v) is 6.22. The average molecular weight is 272 g/mol. The number of hydrogen-bond acceptors (Lipinski definition) is 2. The van der Waals surface area contributed by atoms with E-state index in [-0.39, 0.29) is 11.8 Å². The van der Waals surface area contributed by atoms with Crippen LogP contribution in [0.25, 0.3) is 0 Å². The fourth-order valence-corrected chi connectivity index (χ4v) is 3.50. The number of rotatable bonds is 2. The lowest BCUT2D eigenvalue weighted by atomic mass is 9.89. The van der Waals surface area contributed by atoms with Crippen LogP contribution in [0.15, 0.2) is 18.2 Å². The van der Waals surface area contributed by atoms with E-state index in [0.29, 0.717) is 6.04 Å². The summed E-state index contributed by atoms with van der Waals surface area (Å²) in [5.41, 5.74) is 3.85. The maximum absolute atomic E-state index is 12.5. The second-order valence-electron chi connectivity index (χ2n) is 6.22. The zero-order chi connectivity index (χ0) is 13.9. The summed E-state index contributed by atoms with van der Waals surface area (Å²) in [6, 6.07) is 6.79. The van der Waals surface area contributed by atoms with Gasteiger partial charge in [0.1, 0.15) is 0 Å². The molecule has 1 saturated heterocycles. The van der Waals surface area contributed by atoms with Crippen LogP contribution in [0.1, 0.15) is 43.7 Å². The molecule has 0 saturated carbocycles. The largest absolute Gasteiger partial charge is 0.326 e. The normalized spacial score (nSPS) is 25.9. The van der Waals surface area contributed by atoms with Crippen molar-refractivity contribution in [2.24, 2.45) is 5.92 Å². The van der Waals surface area contributed by atoms with Crippen LogP contribution in [-0.4, -0.2) is 18.5 Å². The SMILES string of the molecule is CC1CC(C(=O)Nc2cccc3c2CCCC3)CCN1. The van der Waals surface area contributed by atoms with Crippen LogP contribution in [-0.2, 0) is 17.6 Å². The zero-order valence-electron chi connectivity index (χ0n) is 12.2. The van der Waals surface area contributed by atoms with Gasteiger partial charge >= 0.3 is 0 Å². The molecule has 3 heteroatoms. The van der Waals surface area contributed by atoms with Gasteiger partial charge in [0.2, 0.25) is 5.91 Å². The van der Waals surface area contributed by atoms with Gasteiger partial charge in [-0.25, -0.2) is 0 Å². The second kappa shape index (κ2) is 5.96. The molecule has 2 unspecified atom stereocenters. The lowest BCUT2D eigenvalue weighted by Crippen LogP contribution is -2.40. The third-order valence-electron chi connectivity index (χ3n) is 4.65. The summed E-state index contributed by atoms with van der Waals surface area (Å²) in [4.78, 5) is 12.5. The van der Waals surface area contributed by atoms with Crippen molar-refractivity contribution in [3.8, 4) is 0 Å². The van der Waals surface area contributed by atoms with E-state index in [9.17, 15) is 4.79 Å². The number of anilines is 1. The Hall–Kier alpha value is -1.35. The van der Waals surface area contributed by atoms with Crippen molar-refractivity contribution in [3.63, 3.8) is 0 Å². The van der Waals surface area contributed by atoms with Gasteiger partial charge in [-0.1, -0.05) is 12.1 Å². The van der Waals surface area contributed by atoms with E-state index >= 15 is 0 Å². The Kier molecular flexibility index (Phi) is 4.06. The molecule has 0 aromatic heterocycles. The van der Waals surface area contributed by atoms with Crippen LogP contribution in [0.4, 0.5) is 5.69 Å². The predicted octanol–water partition coefficient (Wildman–Crippen LogP) is 2.89. The van der Waals surface area contributed by atoms with Crippen molar-refractivity contribution in [2.75, 3.05) is 11.9 Å². The van der Waals surface area contributed by atoms with Crippen LogP contribution >= 0.6 is 0 Å². The third kappa shape index (κ3) is 2.88. The molecule has 2 N–H and O–H groups in total. The molecule has 20 heavy (non-hydrogen) atoms. The molecule has 0 radical (unpaired) electrons. The molecule has 108 valence electrons. The minimum Gasteiger partial charge on any atom is -0.326 e. The van der Waals surface area contributed by atoms with E-state index in [0.717, 1.165) is 37.9 Å². The van der Waals surface area contributed by atoms with Crippen molar-refractivity contribution in [1.82, 2.24) is 5.32 Å². The van der Waals surface area contributed by atoms with Crippen LogP contribution in [0.5, 0.6) is 0 Å². The quantitative estimate of drug-likeness (QED) is 0.869. The number of piperidine rings is 1. The van der Waals surface area contributed by atoms with E-state index in [1.165, 1.54) is 24.0 Å². The number of amides is 1. The third-order valence-corrected chi connectivity index (χ3v) is 4.65. The molecule has 0 bridgehead atoms. The Morgan fingerprint density at radius 2 is 2.15 bits per heavy atom. The van der Waals surface area contributed by atoms with E-state index in [4.69, 9.17) is 0 Å². The molecule has 1 amide bonds. The van der Waals surface area contributed by atoms with Gasteiger partial charge < -0.3 is 10.6 Å². The molecule has 1 aliphatic heterocycles.